The van der Waals surface area contributed by atoms with E-state index in [4.69, 9.17) is 0 Å². The third-order valence-corrected chi connectivity index (χ3v) is 3.99. The summed E-state index contributed by atoms with van der Waals surface area (Å²) >= 11 is 0. The Hall–Kier alpha value is -2.28. The monoisotopic (exact) mass is 300 g/mol. The minimum absolute atomic E-state index is 0.0548. The molecule has 7 nitrogen and oxygen atoms in total. The van der Waals surface area contributed by atoms with Crippen molar-refractivity contribution >= 4 is 11.6 Å². The van der Waals surface area contributed by atoms with E-state index in [9.17, 15) is 4.79 Å². The van der Waals surface area contributed by atoms with Crippen LogP contribution in [0.4, 0.5) is 5.69 Å². The number of rotatable bonds is 6. The van der Waals surface area contributed by atoms with Gasteiger partial charge in [0.15, 0.2) is 0 Å². The van der Waals surface area contributed by atoms with Crippen LogP contribution in [0.25, 0.3) is 0 Å². The predicted octanol–water partition coefficient (Wildman–Crippen LogP) is 0.905. The van der Waals surface area contributed by atoms with Crippen molar-refractivity contribution in [2.75, 3.05) is 26.0 Å². The average Bonchev–Trinajstić information content (AvgIpc) is 3.14. The molecule has 7 heteroatoms. The lowest BCUT2D eigenvalue weighted by molar-refractivity contribution is -0.120. The molecule has 116 valence electrons. The van der Waals surface area contributed by atoms with Crippen LogP contribution in [0.15, 0.2) is 30.6 Å². The Morgan fingerprint density at radius 3 is 2.59 bits per heavy atom. The summed E-state index contributed by atoms with van der Waals surface area (Å²) in [5.41, 5.74) is 1.46. The number of anilines is 1. The van der Waals surface area contributed by atoms with Crippen molar-refractivity contribution in [3.8, 4) is 0 Å². The van der Waals surface area contributed by atoms with E-state index >= 15 is 0 Å². The highest BCUT2D eigenvalue weighted by Crippen LogP contribution is 2.43. The Kier molecular flexibility index (Phi) is 3.89. The van der Waals surface area contributed by atoms with Crippen LogP contribution in [0.2, 0.25) is 0 Å². The van der Waals surface area contributed by atoms with Crippen molar-refractivity contribution in [1.29, 1.82) is 0 Å². The number of likely N-dealkylation sites (N-methyl/N-ethyl adjacent to an activating group) is 1. The molecule has 0 spiro atoms. The van der Waals surface area contributed by atoms with Crippen LogP contribution < -0.4 is 5.32 Å². The molecule has 1 aliphatic rings. The van der Waals surface area contributed by atoms with E-state index in [0.717, 1.165) is 31.5 Å². The largest absolute Gasteiger partial charge is 0.324 e. The second kappa shape index (κ2) is 5.84. The first kappa shape index (κ1) is 14.6. The maximum Gasteiger partial charge on any atom is 0.252 e. The number of benzene rings is 1. The molecule has 22 heavy (non-hydrogen) atoms. The van der Waals surface area contributed by atoms with Gasteiger partial charge < -0.3 is 10.2 Å². The standard InChI is InChI=1S/C15H20N6O/c1-20(2)10-7-12-3-5-13(6-4-12)17-14(22)15(8-9-15)21-11-16-18-19-21/h3-6,11H,7-10H2,1-2H3,(H,17,22). The fourth-order valence-corrected chi connectivity index (χ4v) is 2.39. The summed E-state index contributed by atoms with van der Waals surface area (Å²) in [4.78, 5) is 14.6. The zero-order valence-electron chi connectivity index (χ0n) is 12.9. The number of carbonyl (C=O) groups excluding carboxylic acids is 1. The molecule has 0 bridgehead atoms. The molecule has 1 aromatic heterocycles. The molecule has 0 radical (unpaired) electrons. The number of nitrogens with one attached hydrogen (secondary N) is 1. The van der Waals surface area contributed by atoms with Crippen molar-refractivity contribution < 1.29 is 4.79 Å². The summed E-state index contributed by atoms with van der Waals surface area (Å²) in [5, 5.41) is 14.0. The van der Waals surface area contributed by atoms with E-state index in [0.29, 0.717) is 0 Å². The zero-order valence-corrected chi connectivity index (χ0v) is 12.9. The fraction of sp³-hybridized carbons (Fsp3) is 0.467. The summed E-state index contributed by atoms with van der Waals surface area (Å²) < 4.78 is 1.55. The van der Waals surface area contributed by atoms with Gasteiger partial charge in [0.2, 0.25) is 0 Å². The molecular weight excluding hydrogens is 280 g/mol. The van der Waals surface area contributed by atoms with E-state index < -0.39 is 5.54 Å². The number of hydrogen-bond acceptors (Lipinski definition) is 5. The molecule has 1 aromatic carbocycles. The molecule has 1 fully saturated rings. The lowest BCUT2D eigenvalue weighted by atomic mass is 10.1. The number of carbonyl (C=O) groups is 1. The van der Waals surface area contributed by atoms with Crippen LogP contribution in [-0.2, 0) is 16.8 Å². The number of hydrogen-bond donors (Lipinski definition) is 1. The summed E-state index contributed by atoms with van der Waals surface area (Å²) in [7, 11) is 4.12. The van der Waals surface area contributed by atoms with Crippen LogP contribution in [0, 0.1) is 0 Å². The van der Waals surface area contributed by atoms with Gasteiger partial charge in [-0.15, -0.1) is 5.10 Å². The molecule has 1 saturated carbocycles. The minimum atomic E-state index is -0.604. The third kappa shape index (κ3) is 2.99. The highest BCUT2D eigenvalue weighted by Gasteiger charge is 2.53. The van der Waals surface area contributed by atoms with Gasteiger partial charge in [0.1, 0.15) is 11.9 Å². The summed E-state index contributed by atoms with van der Waals surface area (Å²) in [5.74, 6) is -0.0548. The van der Waals surface area contributed by atoms with Gasteiger partial charge in [0.25, 0.3) is 5.91 Å². The number of tetrazole rings is 1. The van der Waals surface area contributed by atoms with Gasteiger partial charge in [0, 0.05) is 12.2 Å². The first-order chi connectivity index (χ1) is 10.6. The third-order valence-electron chi connectivity index (χ3n) is 3.99. The number of aromatic nitrogens is 4. The Morgan fingerprint density at radius 2 is 2.05 bits per heavy atom. The van der Waals surface area contributed by atoms with Gasteiger partial charge in [-0.3, -0.25) is 4.79 Å². The Bertz CT molecular complexity index is 631. The Morgan fingerprint density at radius 1 is 1.32 bits per heavy atom. The molecular formula is C15H20N6O. The van der Waals surface area contributed by atoms with E-state index in [1.807, 2.05) is 12.1 Å². The fourth-order valence-electron chi connectivity index (χ4n) is 2.39. The van der Waals surface area contributed by atoms with E-state index in [-0.39, 0.29) is 5.91 Å². The van der Waals surface area contributed by atoms with Crippen molar-refractivity contribution in [3.05, 3.63) is 36.2 Å². The lowest BCUT2D eigenvalue weighted by Crippen LogP contribution is -2.33. The van der Waals surface area contributed by atoms with Crippen LogP contribution in [0.1, 0.15) is 18.4 Å². The van der Waals surface area contributed by atoms with E-state index in [1.165, 1.54) is 11.9 Å². The van der Waals surface area contributed by atoms with E-state index in [1.54, 1.807) is 4.68 Å². The number of amides is 1. The topological polar surface area (TPSA) is 75.9 Å². The summed E-state index contributed by atoms with van der Waals surface area (Å²) in [6.45, 7) is 1.01. The van der Waals surface area contributed by atoms with Gasteiger partial charge in [-0.25, -0.2) is 4.68 Å². The first-order valence-corrected chi connectivity index (χ1v) is 7.39. The quantitative estimate of drug-likeness (QED) is 0.858. The van der Waals surface area contributed by atoms with Crippen LogP contribution in [0.3, 0.4) is 0 Å². The Labute approximate surface area is 129 Å². The van der Waals surface area contributed by atoms with Gasteiger partial charge in [0.05, 0.1) is 0 Å². The second-order valence-corrected chi connectivity index (χ2v) is 5.99. The minimum Gasteiger partial charge on any atom is -0.324 e. The molecule has 0 atom stereocenters. The Balaban J connectivity index is 1.63. The zero-order chi connectivity index (χ0) is 15.6. The number of nitrogens with zero attached hydrogens (tertiary/aromatic N) is 5. The predicted molar refractivity (Wildman–Crippen MR) is 82.4 cm³/mol. The SMILES string of the molecule is CN(C)CCc1ccc(NC(=O)C2(n3cnnn3)CC2)cc1. The summed E-state index contributed by atoms with van der Waals surface area (Å²) in [6.07, 6.45) is 4.03. The normalized spacial score (nSPS) is 15.8. The smallest absolute Gasteiger partial charge is 0.252 e. The molecule has 0 aliphatic heterocycles. The van der Waals surface area contributed by atoms with Crippen molar-refractivity contribution in [1.82, 2.24) is 25.1 Å². The highest BCUT2D eigenvalue weighted by atomic mass is 16.2. The molecule has 1 heterocycles. The molecule has 2 aromatic rings. The van der Waals surface area contributed by atoms with Crippen molar-refractivity contribution in [2.24, 2.45) is 0 Å². The maximum absolute atomic E-state index is 12.5. The van der Waals surface area contributed by atoms with Crippen molar-refractivity contribution in [3.63, 3.8) is 0 Å². The lowest BCUT2D eigenvalue weighted by Gasteiger charge is -2.15. The maximum atomic E-state index is 12.5. The average molecular weight is 300 g/mol. The first-order valence-electron chi connectivity index (χ1n) is 7.39. The molecule has 1 N–H and O–H groups in total. The van der Waals surface area contributed by atoms with Crippen LogP contribution in [-0.4, -0.2) is 51.7 Å². The molecule has 1 amide bonds. The molecule has 1 aliphatic carbocycles. The second-order valence-electron chi connectivity index (χ2n) is 5.99. The van der Waals surface area contributed by atoms with Gasteiger partial charge in [-0.1, -0.05) is 12.1 Å². The van der Waals surface area contributed by atoms with Gasteiger partial charge >= 0.3 is 0 Å². The van der Waals surface area contributed by atoms with Gasteiger partial charge in [-0.05, 0) is 61.5 Å². The van der Waals surface area contributed by atoms with Crippen molar-refractivity contribution in [2.45, 2.75) is 24.8 Å². The van der Waals surface area contributed by atoms with Gasteiger partial charge in [-0.2, -0.15) is 0 Å². The van der Waals surface area contributed by atoms with E-state index in [2.05, 4.69) is 52.0 Å². The summed E-state index contributed by atoms with van der Waals surface area (Å²) in [6, 6.07) is 7.99. The molecule has 0 saturated heterocycles. The van der Waals surface area contributed by atoms with Crippen LogP contribution in [0.5, 0.6) is 0 Å². The molecule has 0 unspecified atom stereocenters. The highest BCUT2D eigenvalue weighted by molar-refractivity contribution is 5.98. The molecule has 3 rings (SSSR count). The van der Waals surface area contributed by atoms with Crippen LogP contribution >= 0.6 is 0 Å².